The molecule has 1 aliphatic carbocycles. The van der Waals surface area contributed by atoms with Crippen molar-refractivity contribution in [1.82, 2.24) is 10.2 Å². The van der Waals surface area contributed by atoms with Gasteiger partial charge in [-0.25, -0.2) is 4.79 Å². The van der Waals surface area contributed by atoms with E-state index < -0.39 is 5.60 Å². The van der Waals surface area contributed by atoms with Gasteiger partial charge in [0.2, 0.25) is 0 Å². The molecule has 1 saturated heterocycles. The Morgan fingerprint density at radius 3 is 2.48 bits per heavy atom. The van der Waals surface area contributed by atoms with Gasteiger partial charge in [-0.05, 0) is 58.3 Å². The van der Waals surface area contributed by atoms with Crippen LogP contribution in [0.5, 0.6) is 0 Å². The molecule has 2 rings (SSSR count). The van der Waals surface area contributed by atoms with Gasteiger partial charge in [0, 0.05) is 25.7 Å². The van der Waals surface area contributed by atoms with Gasteiger partial charge in [-0.15, -0.1) is 0 Å². The summed E-state index contributed by atoms with van der Waals surface area (Å²) in [7, 11) is 0. The zero-order valence-electron chi connectivity index (χ0n) is 15.6. The Balaban J connectivity index is 1.87. The van der Waals surface area contributed by atoms with Crippen LogP contribution < -0.4 is 5.32 Å². The number of hydrogen-bond acceptors (Lipinski definition) is 3. The fourth-order valence-corrected chi connectivity index (χ4v) is 4.21. The summed E-state index contributed by atoms with van der Waals surface area (Å²) in [6.07, 6.45) is 8.88. The molecule has 1 amide bonds. The van der Waals surface area contributed by atoms with Crippen LogP contribution in [0, 0.1) is 11.8 Å². The summed E-state index contributed by atoms with van der Waals surface area (Å²) in [5.41, 5.74) is -0.425. The van der Waals surface area contributed by atoms with Crippen molar-refractivity contribution in [3.8, 4) is 0 Å². The summed E-state index contributed by atoms with van der Waals surface area (Å²) in [5.74, 6) is 1.58. The van der Waals surface area contributed by atoms with E-state index in [1.165, 1.54) is 51.6 Å². The van der Waals surface area contributed by atoms with E-state index >= 15 is 0 Å². The van der Waals surface area contributed by atoms with Gasteiger partial charge in [-0.3, -0.25) is 0 Å². The third kappa shape index (κ3) is 6.70. The number of piperidine rings is 1. The summed E-state index contributed by atoms with van der Waals surface area (Å²) in [5, 5.41) is 3.12. The number of likely N-dealkylation sites (tertiary alicyclic amines) is 1. The largest absolute Gasteiger partial charge is 0.444 e. The number of nitrogens with zero attached hydrogens (tertiary/aromatic N) is 1. The maximum absolute atomic E-state index is 12.1. The number of carbonyl (C=O) groups excluding carboxylic acids is 1. The highest BCUT2D eigenvalue weighted by Crippen LogP contribution is 2.28. The Kier molecular flexibility index (Phi) is 6.75. The molecule has 2 unspecified atom stereocenters. The molecule has 0 radical (unpaired) electrons. The van der Waals surface area contributed by atoms with E-state index in [1.807, 2.05) is 20.8 Å². The van der Waals surface area contributed by atoms with Crippen LogP contribution in [0.2, 0.25) is 0 Å². The molecule has 2 aliphatic rings. The molecule has 1 saturated carbocycles. The van der Waals surface area contributed by atoms with Gasteiger partial charge in [0.05, 0.1) is 0 Å². The molecule has 23 heavy (non-hydrogen) atoms. The molecule has 0 aromatic carbocycles. The summed E-state index contributed by atoms with van der Waals surface area (Å²) in [6, 6.07) is 0.233. The normalized spacial score (nSPS) is 27.1. The van der Waals surface area contributed by atoms with Crippen molar-refractivity contribution in [3.05, 3.63) is 0 Å². The van der Waals surface area contributed by atoms with Crippen LogP contribution in [-0.2, 0) is 4.74 Å². The maximum Gasteiger partial charge on any atom is 0.407 e. The molecule has 4 heteroatoms. The van der Waals surface area contributed by atoms with Crippen molar-refractivity contribution < 1.29 is 9.53 Å². The Morgan fingerprint density at radius 2 is 1.87 bits per heavy atom. The highest BCUT2D eigenvalue weighted by molar-refractivity contribution is 5.68. The number of alkyl carbamates (subject to hydrolysis) is 1. The molecular formula is C19H36N2O2. The molecule has 0 bridgehead atoms. The first-order valence-electron chi connectivity index (χ1n) is 9.57. The lowest BCUT2D eigenvalue weighted by atomic mass is 9.90. The van der Waals surface area contributed by atoms with Crippen LogP contribution in [0.15, 0.2) is 0 Å². The van der Waals surface area contributed by atoms with Crippen LogP contribution >= 0.6 is 0 Å². The van der Waals surface area contributed by atoms with E-state index in [4.69, 9.17) is 4.74 Å². The highest BCUT2D eigenvalue weighted by atomic mass is 16.6. The van der Waals surface area contributed by atoms with Crippen LogP contribution in [0.25, 0.3) is 0 Å². The quantitative estimate of drug-likeness (QED) is 0.824. The van der Waals surface area contributed by atoms with Gasteiger partial charge in [0.25, 0.3) is 0 Å². The maximum atomic E-state index is 12.1. The second-order valence-corrected chi connectivity index (χ2v) is 8.60. The highest BCUT2D eigenvalue weighted by Gasteiger charge is 2.30. The van der Waals surface area contributed by atoms with E-state index in [-0.39, 0.29) is 12.1 Å². The predicted octanol–water partition coefficient (Wildman–Crippen LogP) is 4.19. The van der Waals surface area contributed by atoms with Crippen molar-refractivity contribution in [2.45, 2.75) is 84.3 Å². The lowest BCUT2D eigenvalue weighted by Crippen LogP contribution is -2.52. The zero-order chi connectivity index (χ0) is 16.9. The Morgan fingerprint density at radius 1 is 1.17 bits per heavy atom. The van der Waals surface area contributed by atoms with Gasteiger partial charge in [0.15, 0.2) is 0 Å². The summed E-state index contributed by atoms with van der Waals surface area (Å²) in [4.78, 5) is 14.7. The van der Waals surface area contributed by atoms with Crippen molar-refractivity contribution in [2.24, 2.45) is 11.8 Å². The van der Waals surface area contributed by atoms with Crippen molar-refractivity contribution >= 4 is 6.09 Å². The van der Waals surface area contributed by atoms with Crippen LogP contribution in [0.4, 0.5) is 4.79 Å². The van der Waals surface area contributed by atoms with E-state index in [2.05, 4.69) is 17.1 Å². The van der Waals surface area contributed by atoms with E-state index in [1.54, 1.807) is 0 Å². The first-order chi connectivity index (χ1) is 10.9. The molecular weight excluding hydrogens is 288 g/mol. The van der Waals surface area contributed by atoms with Crippen molar-refractivity contribution in [1.29, 1.82) is 0 Å². The third-order valence-corrected chi connectivity index (χ3v) is 5.02. The molecule has 1 heterocycles. The number of amides is 1. The zero-order valence-corrected chi connectivity index (χ0v) is 15.6. The van der Waals surface area contributed by atoms with Gasteiger partial charge in [-0.2, -0.15) is 0 Å². The van der Waals surface area contributed by atoms with Crippen molar-refractivity contribution in [2.75, 3.05) is 19.6 Å². The number of ether oxygens (including phenoxy) is 1. The Hall–Kier alpha value is -0.770. The second-order valence-electron chi connectivity index (χ2n) is 8.60. The minimum absolute atomic E-state index is 0.233. The molecule has 0 aromatic rings. The van der Waals surface area contributed by atoms with E-state index in [9.17, 15) is 4.79 Å². The summed E-state index contributed by atoms with van der Waals surface area (Å²) < 4.78 is 5.44. The fourth-order valence-electron chi connectivity index (χ4n) is 4.21. The molecule has 134 valence electrons. The SMILES string of the molecule is CCCC1CC(NC(=O)OC(C)(C)C)CN(CC2CCCC2)C1. The Labute approximate surface area is 142 Å². The molecule has 1 aliphatic heterocycles. The van der Waals surface area contributed by atoms with Crippen LogP contribution in [0.3, 0.4) is 0 Å². The second kappa shape index (κ2) is 8.36. The number of nitrogens with one attached hydrogen (secondary N) is 1. The minimum Gasteiger partial charge on any atom is -0.444 e. The number of hydrogen-bond donors (Lipinski definition) is 1. The number of carbonyl (C=O) groups is 1. The van der Waals surface area contributed by atoms with Gasteiger partial charge >= 0.3 is 6.09 Å². The lowest BCUT2D eigenvalue weighted by Gasteiger charge is -2.39. The minimum atomic E-state index is -0.425. The topological polar surface area (TPSA) is 41.6 Å². The standard InChI is InChI=1S/C19H36N2O2/c1-5-8-16-11-17(20-18(22)23-19(2,3)4)14-21(13-16)12-15-9-6-7-10-15/h15-17H,5-14H2,1-4H3,(H,20,22). The van der Waals surface area contributed by atoms with Gasteiger partial charge in [0.1, 0.15) is 5.60 Å². The van der Waals surface area contributed by atoms with E-state index in [0.29, 0.717) is 5.92 Å². The Bertz CT molecular complexity index is 372. The smallest absolute Gasteiger partial charge is 0.407 e. The van der Waals surface area contributed by atoms with Crippen LogP contribution in [-0.4, -0.2) is 42.3 Å². The first-order valence-corrected chi connectivity index (χ1v) is 9.57. The van der Waals surface area contributed by atoms with E-state index in [0.717, 1.165) is 18.9 Å². The average molecular weight is 325 g/mol. The molecule has 2 atom stereocenters. The van der Waals surface area contributed by atoms with Gasteiger partial charge in [-0.1, -0.05) is 26.2 Å². The summed E-state index contributed by atoms with van der Waals surface area (Å²) in [6.45, 7) is 11.4. The van der Waals surface area contributed by atoms with Gasteiger partial charge < -0.3 is 15.0 Å². The fraction of sp³-hybridized carbons (Fsp3) is 0.947. The third-order valence-electron chi connectivity index (χ3n) is 5.02. The average Bonchev–Trinajstić information content (AvgIpc) is 2.89. The molecule has 0 aromatic heterocycles. The summed E-state index contributed by atoms with van der Waals surface area (Å²) >= 11 is 0. The monoisotopic (exact) mass is 324 g/mol. The molecule has 1 N–H and O–H groups in total. The molecule has 4 nitrogen and oxygen atoms in total. The molecule has 2 fully saturated rings. The van der Waals surface area contributed by atoms with Crippen LogP contribution in [0.1, 0.15) is 72.6 Å². The number of rotatable bonds is 5. The molecule has 0 spiro atoms. The predicted molar refractivity (Wildman–Crippen MR) is 94.6 cm³/mol. The lowest BCUT2D eigenvalue weighted by molar-refractivity contribution is 0.0436. The van der Waals surface area contributed by atoms with Crippen molar-refractivity contribution in [3.63, 3.8) is 0 Å². The first kappa shape index (κ1) is 18.6.